The number of nitrogens with zero attached hydrogens (tertiary/aromatic N) is 1. The molecule has 0 spiro atoms. The van der Waals surface area contributed by atoms with E-state index in [1.165, 1.54) is 51.4 Å². The summed E-state index contributed by atoms with van der Waals surface area (Å²) >= 11 is 0. The number of phosphoric acid groups is 1. The van der Waals surface area contributed by atoms with Gasteiger partial charge in [-0.1, -0.05) is 120 Å². The summed E-state index contributed by atoms with van der Waals surface area (Å²) in [5.41, 5.74) is 0. The summed E-state index contributed by atoms with van der Waals surface area (Å²) in [6.45, 7) is 4.51. The van der Waals surface area contributed by atoms with Crippen LogP contribution in [-0.2, 0) is 18.4 Å². The number of quaternary nitrogens is 1. The van der Waals surface area contributed by atoms with Gasteiger partial charge in [-0.05, 0) is 64.2 Å². The van der Waals surface area contributed by atoms with Crippen LogP contribution in [-0.4, -0.2) is 68.5 Å². The minimum absolute atomic E-state index is 0.0121. The van der Waals surface area contributed by atoms with E-state index in [1.807, 2.05) is 27.2 Å². The lowest BCUT2D eigenvalue weighted by molar-refractivity contribution is -0.870. The molecule has 3 unspecified atom stereocenters. The van der Waals surface area contributed by atoms with Crippen molar-refractivity contribution in [2.45, 2.75) is 154 Å². The summed E-state index contributed by atoms with van der Waals surface area (Å²) in [5, 5.41) is 13.6. The summed E-state index contributed by atoms with van der Waals surface area (Å²) in [4.78, 5) is 25.1. The molecule has 0 radical (unpaired) electrons. The molecule has 48 heavy (non-hydrogen) atoms. The molecule has 3 atom stereocenters. The third-order valence-electron chi connectivity index (χ3n) is 7.99. The zero-order chi connectivity index (χ0) is 35.8. The first kappa shape index (κ1) is 46.5. The van der Waals surface area contributed by atoms with E-state index in [1.54, 1.807) is 6.08 Å². The van der Waals surface area contributed by atoms with Gasteiger partial charge in [0.25, 0.3) is 7.82 Å². The van der Waals surface area contributed by atoms with Crippen molar-refractivity contribution < 1.29 is 32.9 Å². The first-order chi connectivity index (χ1) is 23.0. The van der Waals surface area contributed by atoms with Crippen molar-refractivity contribution in [1.29, 1.82) is 0 Å². The quantitative estimate of drug-likeness (QED) is 0.0307. The Morgan fingerprint density at radius 3 is 1.75 bits per heavy atom. The molecule has 0 aliphatic heterocycles. The van der Waals surface area contributed by atoms with E-state index in [2.05, 4.69) is 55.6 Å². The minimum atomic E-state index is -4.59. The third kappa shape index (κ3) is 33.0. The van der Waals surface area contributed by atoms with E-state index in [0.717, 1.165) is 70.6 Å². The lowest BCUT2D eigenvalue weighted by Crippen LogP contribution is -2.45. The fourth-order valence-electron chi connectivity index (χ4n) is 4.87. The molecule has 0 aromatic heterocycles. The highest BCUT2D eigenvalue weighted by molar-refractivity contribution is 7.45. The van der Waals surface area contributed by atoms with E-state index >= 15 is 0 Å². The molecule has 1 amide bonds. The van der Waals surface area contributed by atoms with Gasteiger partial charge in [0.05, 0.1) is 39.9 Å². The van der Waals surface area contributed by atoms with Crippen LogP contribution in [0.5, 0.6) is 0 Å². The van der Waals surface area contributed by atoms with Crippen LogP contribution in [0.1, 0.15) is 142 Å². The average Bonchev–Trinajstić information content (AvgIpc) is 3.02. The fraction of sp³-hybridized carbons (Fsp3) is 0.769. The SMILES string of the molecule is CCCC/C=C/CC/C=C/CC/C=C/C(O)C(COP(=O)([O-])OCC[N+](C)(C)C)NC(=O)CCCCCCC/C=C\CCCCCCC. The van der Waals surface area contributed by atoms with E-state index in [9.17, 15) is 19.4 Å². The number of amides is 1. The predicted octanol–water partition coefficient (Wildman–Crippen LogP) is 9.11. The van der Waals surface area contributed by atoms with Crippen LogP contribution < -0.4 is 10.2 Å². The Bertz CT molecular complexity index is 928. The molecule has 0 saturated carbocycles. The zero-order valence-corrected chi connectivity index (χ0v) is 32.3. The number of nitrogens with one attached hydrogen (secondary N) is 1. The van der Waals surface area contributed by atoms with Crippen LogP contribution in [0, 0.1) is 0 Å². The van der Waals surface area contributed by atoms with Crippen LogP contribution in [0.4, 0.5) is 0 Å². The van der Waals surface area contributed by atoms with Crippen molar-refractivity contribution in [1.82, 2.24) is 5.32 Å². The zero-order valence-electron chi connectivity index (χ0n) is 31.4. The number of hydrogen-bond acceptors (Lipinski definition) is 6. The Morgan fingerprint density at radius 1 is 0.708 bits per heavy atom. The number of hydrogen-bond donors (Lipinski definition) is 2. The molecule has 0 aromatic carbocycles. The Kier molecular flexibility index (Phi) is 30.4. The Labute approximate surface area is 295 Å². The Hall–Kier alpha value is -1.54. The highest BCUT2D eigenvalue weighted by Crippen LogP contribution is 2.38. The first-order valence-electron chi connectivity index (χ1n) is 19.0. The molecule has 0 aliphatic rings. The van der Waals surface area contributed by atoms with Gasteiger partial charge in [-0.15, -0.1) is 0 Å². The van der Waals surface area contributed by atoms with Gasteiger partial charge >= 0.3 is 0 Å². The number of aliphatic hydroxyl groups excluding tert-OH is 1. The minimum Gasteiger partial charge on any atom is -0.756 e. The monoisotopic (exact) mass is 697 g/mol. The molecule has 0 heterocycles. The number of carbonyl (C=O) groups excluding carboxylic acids is 1. The average molecular weight is 697 g/mol. The van der Waals surface area contributed by atoms with Gasteiger partial charge in [0.2, 0.25) is 5.91 Å². The number of rotatable bonds is 33. The highest BCUT2D eigenvalue weighted by Gasteiger charge is 2.23. The summed E-state index contributed by atoms with van der Waals surface area (Å²) in [7, 11) is 1.22. The number of carbonyl (C=O) groups is 1. The lowest BCUT2D eigenvalue weighted by Gasteiger charge is -2.29. The number of unbranched alkanes of at least 4 members (excludes halogenated alkanes) is 14. The summed E-state index contributed by atoms with van der Waals surface area (Å²) in [6, 6.07) is -0.911. The van der Waals surface area contributed by atoms with Crippen LogP contribution in [0.3, 0.4) is 0 Å². The predicted molar refractivity (Wildman–Crippen MR) is 201 cm³/mol. The molecule has 280 valence electrons. The van der Waals surface area contributed by atoms with Gasteiger partial charge in [-0.2, -0.15) is 0 Å². The number of phosphoric ester groups is 1. The molecule has 0 fully saturated rings. The largest absolute Gasteiger partial charge is 0.756 e. The van der Waals surface area contributed by atoms with Crippen molar-refractivity contribution in [2.75, 3.05) is 40.9 Å². The highest BCUT2D eigenvalue weighted by atomic mass is 31.2. The molecule has 8 nitrogen and oxygen atoms in total. The molecule has 0 bridgehead atoms. The topological polar surface area (TPSA) is 108 Å². The Balaban J connectivity index is 4.63. The van der Waals surface area contributed by atoms with E-state index in [4.69, 9.17) is 9.05 Å². The van der Waals surface area contributed by atoms with Gasteiger partial charge in [-0.3, -0.25) is 9.36 Å². The second-order valence-electron chi connectivity index (χ2n) is 13.9. The van der Waals surface area contributed by atoms with E-state index < -0.39 is 26.6 Å². The molecular weight excluding hydrogens is 623 g/mol. The molecular formula is C39H73N2O6P. The smallest absolute Gasteiger partial charge is 0.268 e. The maximum atomic E-state index is 12.8. The van der Waals surface area contributed by atoms with Crippen molar-refractivity contribution in [3.05, 3.63) is 48.6 Å². The third-order valence-corrected chi connectivity index (χ3v) is 8.95. The van der Waals surface area contributed by atoms with Crippen molar-refractivity contribution in [2.24, 2.45) is 0 Å². The fourth-order valence-corrected chi connectivity index (χ4v) is 5.59. The summed E-state index contributed by atoms with van der Waals surface area (Å²) in [6.07, 6.45) is 37.2. The maximum absolute atomic E-state index is 12.8. The van der Waals surface area contributed by atoms with Crippen LogP contribution in [0.15, 0.2) is 48.6 Å². The van der Waals surface area contributed by atoms with Crippen molar-refractivity contribution in [3.8, 4) is 0 Å². The van der Waals surface area contributed by atoms with Crippen LogP contribution in [0.2, 0.25) is 0 Å². The van der Waals surface area contributed by atoms with Gasteiger partial charge < -0.3 is 28.8 Å². The molecule has 0 saturated heterocycles. The molecule has 0 aliphatic carbocycles. The first-order valence-corrected chi connectivity index (χ1v) is 20.5. The summed E-state index contributed by atoms with van der Waals surface area (Å²) in [5.74, 6) is -0.226. The second kappa shape index (κ2) is 31.4. The molecule has 9 heteroatoms. The standard InChI is InChI=1S/C39H73N2O6P/c1-6-8-10-12-14-16-18-20-21-23-25-27-29-31-33-39(43)40-37(36-47-48(44,45)46-35-34-41(3,4)5)38(42)32-30-28-26-24-22-19-17-15-13-11-9-7-2/h13,15,18,20,22,24,30,32,37-38,42H,6-12,14,16-17,19,21,23,25-29,31,33-36H2,1-5H3,(H-,40,43,44,45)/b15-13+,20-18-,24-22+,32-30+. The number of aliphatic hydroxyl groups is 1. The number of allylic oxidation sites excluding steroid dienone is 7. The maximum Gasteiger partial charge on any atom is 0.268 e. The molecule has 2 N–H and O–H groups in total. The summed E-state index contributed by atoms with van der Waals surface area (Å²) < 4.78 is 23.0. The van der Waals surface area contributed by atoms with Crippen LogP contribution >= 0.6 is 7.82 Å². The second-order valence-corrected chi connectivity index (χ2v) is 15.3. The molecule has 0 rings (SSSR count). The number of likely N-dealkylation sites (N-methyl/N-ethyl adjacent to an activating group) is 1. The van der Waals surface area contributed by atoms with Gasteiger partial charge in [0.1, 0.15) is 13.2 Å². The molecule has 0 aromatic rings. The van der Waals surface area contributed by atoms with Crippen molar-refractivity contribution in [3.63, 3.8) is 0 Å². The van der Waals surface area contributed by atoms with E-state index in [-0.39, 0.29) is 12.5 Å². The van der Waals surface area contributed by atoms with Crippen LogP contribution in [0.25, 0.3) is 0 Å². The van der Waals surface area contributed by atoms with Gasteiger partial charge in [-0.25, -0.2) is 0 Å². The van der Waals surface area contributed by atoms with Crippen molar-refractivity contribution >= 4 is 13.7 Å². The normalized spacial score (nSPS) is 15.2. The lowest BCUT2D eigenvalue weighted by atomic mass is 10.1. The van der Waals surface area contributed by atoms with Gasteiger partial charge in [0.15, 0.2) is 0 Å². The Morgan fingerprint density at radius 2 is 1.19 bits per heavy atom. The van der Waals surface area contributed by atoms with Gasteiger partial charge in [0, 0.05) is 6.42 Å². The van der Waals surface area contributed by atoms with E-state index in [0.29, 0.717) is 17.4 Å².